The highest BCUT2D eigenvalue weighted by Gasteiger charge is 2.65. The van der Waals surface area contributed by atoms with Gasteiger partial charge in [0, 0.05) is 0 Å². The van der Waals surface area contributed by atoms with Gasteiger partial charge in [-0.2, -0.15) is 0 Å². The van der Waals surface area contributed by atoms with Gasteiger partial charge in [-0.25, -0.2) is 0 Å². The second-order valence-electron chi connectivity index (χ2n) is 7.68. The van der Waals surface area contributed by atoms with Crippen LogP contribution in [0.5, 0.6) is 0 Å². The second-order valence-corrected chi connectivity index (χ2v) is 7.68. The molecule has 8 nitrogen and oxygen atoms in total. The van der Waals surface area contributed by atoms with Crippen molar-refractivity contribution in [1.82, 2.24) is 0 Å². The molecule has 0 spiro atoms. The molecule has 1 aliphatic carbocycles. The molecule has 0 unspecified atom stereocenters. The predicted octanol–water partition coefficient (Wildman–Crippen LogP) is -1.63. The van der Waals surface area contributed by atoms with Crippen LogP contribution in [0.1, 0.15) is 27.2 Å². The van der Waals surface area contributed by atoms with Crippen LogP contribution in [-0.4, -0.2) is 86.8 Å². The van der Waals surface area contributed by atoms with Crippen molar-refractivity contribution < 1.29 is 39.7 Å². The lowest BCUT2D eigenvalue weighted by Crippen LogP contribution is -2.62. The summed E-state index contributed by atoms with van der Waals surface area (Å²) in [5, 5.41) is 49.8. The average molecular weight is 348 g/mol. The van der Waals surface area contributed by atoms with E-state index in [1.807, 2.05) is 20.8 Å². The quantitative estimate of drug-likeness (QED) is 0.383. The van der Waals surface area contributed by atoms with Crippen LogP contribution in [0.2, 0.25) is 0 Å². The van der Waals surface area contributed by atoms with Gasteiger partial charge in [0.25, 0.3) is 0 Å². The smallest absolute Gasteiger partial charge is 0.187 e. The first kappa shape index (κ1) is 18.5. The Balaban J connectivity index is 1.76. The van der Waals surface area contributed by atoms with E-state index in [2.05, 4.69) is 0 Å². The number of hydrogen-bond donors (Lipinski definition) is 5. The molecular weight excluding hydrogens is 320 g/mol. The van der Waals surface area contributed by atoms with Crippen molar-refractivity contribution in [2.45, 2.75) is 81.8 Å². The molecule has 2 heterocycles. The SMILES string of the molecule is CC(C)[C@H]1C[C@H]2O[C@@]2(C)[C@@H](O)[C@H]1O[C@@H]1O[C@H](CO)[C@@H](O)[C@H](O)[C@H]1O. The van der Waals surface area contributed by atoms with Gasteiger partial charge < -0.3 is 39.7 Å². The Hall–Kier alpha value is -0.320. The van der Waals surface area contributed by atoms with Crippen LogP contribution in [0.4, 0.5) is 0 Å². The zero-order chi connectivity index (χ0) is 17.8. The van der Waals surface area contributed by atoms with Crippen molar-refractivity contribution in [2.24, 2.45) is 11.8 Å². The zero-order valence-corrected chi connectivity index (χ0v) is 14.1. The third-order valence-corrected chi connectivity index (χ3v) is 5.78. The summed E-state index contributed by atoms with van der Waals surface area (Å²) in [6, 6.07) is 0. The predicted molar refractivity (Wildman–Crippen MR) is 80.9 cm³/mol. The van der Waals surface area contributed by atoms with E-state index < -0.39 is 55.1 Å². The molecular formula is C16H28O8. The van der Waals surface area contributed by atoms with E-state index >= 15 is 0 Å². The molecule has 3 fully saturated rings. The van der Waals surface area contributed by atoms with Crippen molar-refractivity contribution in [3.63, 3.8) is 0 Å². The van der Waals surface area contributed by atoms with Gasteiger partial charge in [0.05, 0.1) is 18.8 Å². The summed E-state index contributed by atoms with van der Waals surface area (Å²) in [6.07, 6.45) is -7.51. The van der Waals surface area contributed by atoms with Gasteiger partial charge in [-0.05, 0) is 25.2 Å². The summed E-state index contributed by atoms with van der Waals surface area (Å²) in [4.78, 5) is 0. The van der Waals surface area contributed by atoms with Gasteiger partial charge in [0.2, 0.25) is 0 Å². The normalized spacial score (nSPS) is 54.6. The Bertz CT molecular complexity index is 457. The minimum absolute atomic E-state index is 0.00505. The van der Waals surface area contributed by atoms with Crippen molar-refractivity contribution in [3.05, 3.63) is 0 Å². The molecule has 0 aromatic rings. The first-order chi connectivity index (χ1) is 11.2. The molecule has 10 atom stereocenters. The molecule has 0 aromatic heterocycles. The summed E-state index contributed by atoms with van der Waals surface area (Å²) >= 11 is 0. The number of aliphatic hydroxyl groups excluding tert-OH is 5. The second kappa shape index (κ2) is 6.44. The molecule has 0 amide bonds. The Morgan fingerprint density at radius 2 is 1.79 bits per heavy atom. The van der Waals surface area contributed by atoms with Crippen LogP contribution in [0, 0.1) is 11.8 Å². The highest BCUT2D eigenvalue weighted by molar-refractivity contribution is 5.13. The number of epoxide rings is 1. The maximum Gasteiger partial charge on any atom is 0.187 e. The fraction of sp³-hybridized carbons (Fsp3) is 1.00. The molecule has 2 aliphatic heterocycles. The molecule has 8 heteroatoms. The number of fused-ring (bicyclic) bond motifs is 1. The largest absolute Gasteiger partial charge is 0.394 e. The zero-order valence-electron chi connectivity index (χ0n) is 14.1. The summed E-state index contributed by atoms with van der Waals surface area (Å²) in [5.74, 6) is 0.205. The first-order valence-electron chi connectivity index (χ1n) is 8.52. The third-order valence-electron chi connectivity index (χ3n) is 5.78. The van der Waals surface area contributed by atoms with Crippen LogP contribution >= 0.6 is 0 Å². The lowest BCUT2D eigenvalue weighted by atomic mass is 9.73. The highest BCUT2D eigenvalue weighted by Crippen LogP contribution is 2.52. The summed E-state index contributed by atoms with van der Waals surface area (Å²) in [7, 11) is 0. The Morgan fingerprint density at radius 3 is 2.38 bits per heavy atom. The van der Waals surface area contributed by atoms with Gasteiger partial charge in [-0.1, -0.05) is 13.8 Å². The summed E-state index contributed by atoms with van der Waals surface area (Å²) < 4.78 is 16.9. The van der Waals surface area contributed by atoms with Gasteiger partial charge in [0.15, 0.2) is 6.29 Å². The van der Waals surface area contributed by atoms with Gasteiger partial charge >= 0.3 is 0 Å². The summed E-state index contributed by atoms with van der Waals surface area (Å²) in [5.41, 5.74) is -0.663. The minimum atomic E-state index is -1.50. The number of aliphatic hydroxyl groups is 5. The molecule has 5 N–H and O–H groups in total. The number of hydrogen-bond acceptors (Lipinski definition) is 8. The Morgan fingerprint density at radius 1 is 1.12 bits per heavy atom. The van der Waals surface area contributed by atoms with Crippen LogP contribution in [-0.2, 0) is 14.2 Å². The standard InChI is InChI=1S/C16H28O8/c1-6(2)7-4-9-16(3,24-9)14(21)13(7)23-15-12(20)11(19)10(18)8(5-17)22-15/h6-15,17-21H,4-5H2,1-3H3/t7-,8-,9-,10-,11+,12-,13+,14+,15+,16-/m1/s1. The molecule has 0 bridgehead atoms. The van der Waals surface area contributed by atoms with Crippen molar-refractivity contribution in [3.8, 4) is 0 Å². The maximum absolute atomic E-state index is 10.7. The van der Waals surface area contributed by atoms with Crippen LogP contribution < -0.4 is 0 Å². The molecule has 140 valence electrons. The van der Waals surface area contributed by atoms with Crippen LogP contribution in [0.25, 0.3) is 0 Å². The minimum Gasteiger partial charge on any atom is -0.394 e. The molecule has 0 aromatic carbocycles. The fourth-order valence-corrected chi connectivity index (χ4v) is 3.92. The van der Waals surface area contributed by atoms with E-state index in [4.69, 9.17) is 14.2 Å². The van der Waals surface area contributed by atoms with E-state index in [1.165, 1.54) is 0 Å². The fourth-order valence-electron chi connectivity index (χ4n) is 3.92. The molecule has 3 aliphatic rings. The van der Waals surface area contributed by atoms with E-state index in [-0.39, 0.29) is 17.9 Å². The summed E-state index contributed by atoms with van der Waals surface area (Å²) in [6.45, 7) is 5.34. The molecule has 0 radical (unpaired) electrons. The number of rotatable bonds is 4. The lowest BCUT2D eigenvalue weighted by Gasteiger charge is -2.45. The first-order valence-corrected chi connectivity index (χ1v) is 8.52. The Labute approximate surface area is 141 Å². The van der Waals surface area contributed by atoms with Gasteiger partial charge in [-0.3, -0.25) is 0 Å². The van der Waals surface area contributed by atoms with Crippen LogP contribution in [0.3, 0.4) is 0 Å². The van der Waals surface area contributed by atoms with E-state index in [0.717, 1.165) is 6.42 Å². The van der Waals surface area contributed by atoms with Gasteiger partial charge in [-0.15, -0.1) is 0 Å². The monoisotopic (exact) mass is 348 g/mol. The van der Waals surface area contributed by atoms with E-state index in [0.29, 0.717) is 0 Å². The Kier molecular flexibility index (Phi) is 4.96. The average Bonchev–Trinajstić information content (AvgIpc) is 3.22. The lowest BCUT2D eigenvalue weighted by molar-refractivity contribution is -0.325. The maximum atomic E-state index is 10.7. The van der Waals surface area contributed by atoms with Crippen LogP contribution in [0.15, 0.2) is 0 Å². The molecule has 3 rings (SSSR count). The van der Waals surface area contributed by atoms with E-state index in [9.17, 15) is 25.5 Å². The third kappa shape index (κ3) is 2.89. The van der Waals surface area contributed by atoms with Crippen molar-refractivity contribution in [2.75, 3.05) is 6.61 Å². The van der Waals surface area contributed by atoms with Crippen molar-refractivity contribution in [1.29, 1.82) is 0 Å². The number of ether oxygens (including phenoxy) is 3. The van der Waals surface area contributed by atoms with E-state index in [1.54, 1.807) is 0 Å². The highest BCUT2D eigenvalue weighted by atomic mass is 16.7. The molecule has 2 saturated heterocycles. The topological polar surface area (TPSA) is 132 Å². The molecule has 24 heavy (non-hydrogen) atoms. The van der Waals surface area contributed by atoms with Gasteiger partial charge in [0.1, 0.15) is 36.1 Å². The van der Waals surface area contributed by atoms with Crippen molar-refractivity contribution >= 4 is 0 Å². The molecule has 1 saturated carbocycles.